The predicted molar refractivity (Wildman–Crippen MR) is 50.3 cm³/mol. The summed E-state index contributed by atoms with van der Waals surface area (Å²) in [6.07, 6.45) is -0.243. The Morgan fingerprint density at radius 3 is 3.07 bits per heavy atom. The van der Waals surface area contributed by atoms with Crippen LogP contribution in [0, 0.1) is 0 Å². The van der Waals surface area contributed by atoms with Gasteiger partial charge in [-0.05, 0) is 6.42 Å². The molecule has 0 aromatic carbocycles. The van der Waals surface area contributed by atoms with Crippen LogP contribution in [-0.4, -0.2) is 49.6 Å². The highest BCUT2D eigenvalue weighted by atomic mass is 16.5. The highest BCUT2D eigenvalue weighted by Crippen LogP contribution is 2.02. The van der Waals surface area contributed by atoms with E-state index < -0.39 is 12.1 Å². The second-order valence-electron chi connectivity index (χ2n) is 3.27. The van der Waals surface area contributed by atoms with Crippen LogP contribution in [0.1, 0.15) is 13.3 Å². The molecule has 1 fully saturated rings. The standard InChI is InChI=1S/C9H17NO4/c1-2-8(9(11)12)14-6-7-5-10-3-4-13-7/h7-8,10H,2-6H2,1H3,(H,11,12). The Hall–Kier alpha value is -0.650. The van der Waals surface area contributed by atoms with Gasteiger partial charge in [0.2, 0.25) is 0 Å². The molecule has 5 nitrogen and oxygen atoms in total. The van der Waals surface area contributed by atoms with E-state index in [9.17, 15) is 4.79 Å². The zero-order chi connectivity index (χ0) is 10.4. The third-order valence-corrected chi connectivity index (χ3v) is 2.13. The average Bonchev–Trinajstić information content (AvgIpc) is 2.20. The summed E-state index contributed by atoms with van der Waals surface area (Å²) in [4.78, 5) is 10.6. The lowest BCUT2D eigenvalue weighted by molar-refractivity contribution is -0.153. The van der Waals surface area contributed by atoms with Crippen molar-refractivity contribution in [2.45, 2.75) is 25.6 Å². The van der Waals surface area contributed by atoms with Gasteiger partial charge in [-0.15, -0.1) is 0 Å². The lowest BCUT2D eigenvalue weighted by Gasteiger charge is -2.24. The average molecular weight is 203 g/mol. The SMILES string of the molecule is CCC(OCC1CNCCO1)C(=O)O. The minimum atomic E-state index is -0.906. The molecule has 0 bridgehead atoms. The molecule has 1 heterocycles. The van der Waals surface area contributed by atoms with Gasteiger partial charge in [0.25, 0.3) is 0 Å². The topological polar surface area (TPSA) is 67.8 Å². The molecule has 0 amide bonds. The van der Waals surface area contributed by atoms with E-state index in [4.69, 9.17) is 14.6 Å². The van der Waals surface area contributed by atoms with Gasteiger partial charge in [-0.25, -0.2) is 4.79 Å². The zero-order valence-electron chi connectivity index (χ0n) is 8.36. The Morgan fingerprint density at radius 2 is 2.57 bits per heavy atom. The van der Waals surface area contributed by atoms with Gasteiger partial charge in [-0.3, -0.25) is 0 Å². The Kier molecular flexibility index (Phi) is 4.86. The van der Waals surface area contributed by atoms with E-state index in [1.54, 1.807) is 6.92 Å². The summed E-state index contributed by atoms with van der Waals surface area (Å²) < 4.78 is 10.6. The van der Waals surface area contributed by atoms with E-state index in [1.807, 2.05) is 0 Å². The van der Waals surface area contributed by atoms with Crippen LogP contribution in [0.2, 0.25) is 0 Å². The lowest BCUT2D eigenvalue weighted by Crippen LogP contribution is -2.42. The molecule has 1 aliphatic heterocycles. The Morgan fingerprint density at radius 1 is 1.79 bits per heavy atom. The van der Waals surface area contributed by atoms with Crippen molar-refractivity contribution < 1.29 is 19.4 Å². The van der Waals surface area contributed by atoms with Crippen LogP contribution >= 0.6 is 0 Å². The van der Waals surface area contributed by atoms with Crippen LogP contribution in [0.4, 0.5) is 0 Å². The molecule has 1 aliphatic rings. The van der Waals surface area contributed by atoms with Crippen molar-refractivity contribution >= 4 is 5.97 Å². The van der Waals surface area contributed by atoms with Crippen molar-refractivity contribution in [3.8, 4) is 0 Å². The van der Waals surface area contributed by atoms with E-state index in [0.717, 1.165) is 13.1 Å². The van der Waals surface area contributed by atoms with Crippen molar-refractivity contribution in [3.05, 3.63) is 0 Å². The number of nitrogens with one attached hydrogen (secondary N) is 1. The first-order chi connectivity index (χ1) is 6.74. The summed E-state index contributed by atoms with van der Waals surface area (Å²) in [5.41, 5.74) is 0. The Balaban J connectivity index is 2.20. The summed E-state index contributed by atoms with van der Waals surface area (Å²) in [7, 11) is 0. The van der Waals surface area contributed by atoms with Crippen molar-refractivity contribution in [1.82, 2.24) is 5.32 Å². The Labute approximate surface area is 83.4 Å². The lowest BCUT2D eigenvalue weighted by atomic mass is 10.2. The normalized spacial score (nSPS) is 24.5. The van der Waals surface area contributed by atoms with Gasteiger partial charge >= 0.3 is 5.97 Å². The molecular weight excluding hydrogens is 186 g/mol. The first-order valence-electron chi connectivity index (χ1n) is 4.90. The molecule has 14 heavy (non-hydrogen) atoms. The molecule has 1 saturated heterocycles. The highest BCUT2D eigenvalue weighted by Gasteiger charge is 2.19. The van der Waals surface area contributed by atoms with Gasteiger partial charge in [-0.2, -0.15) is 0 Å². The van der Waals surface area contributed by atoms with E-state index in [-0.39, 0.29) is 6.10 Å². The molecule has 5 heteroatoms. The molecule has 0 spiro atoms. The number of ether oxygens (including phenoxy) is 2. The largest absolute Gasteiger partial charge is 0.479 e. The van der Waals surface area contributed by atoms with Crippen LogP contribution in [0.3, 0.4) is 0 Å². The molecule has 82 valence electrons. The highest BCUT2D eigenvalue weighted by molar-refractivity contribution is 5.72. The maximum atomic E-state index is 10.6. The van der Waals surface area contributed by atoms with Crippen molar-refractivity contribution in [3.63, 3.8) is 0 Å². The molecule has 2 unspecified atom stereocenters. The summed E-state index contributed by atoms with van der Waals surface area (Å²) in [6.45, 7) is 4.39. The van der Waals surface area contributed by atoms with Crippen LogP contribution in [-0.2, 0) is 14.3 Å². The van der Waals surface area contributed by atoms with Gasteiger partial charge in [-0.1, -0.05) is 6.92 Å². The fraction of sp³-hybridized carbons (Fsp3) is 0.889. The zero-order valence-corrected chi connectivity index (χ0v) is 8.36. The van der Waals surface area contributed by atoms with Gasteiger partial charge < -0.3 is 19.9 Å². The van der Waals surface area contributed by atoms with Gasteiger partial charge in [0.1, 0.15) is 0 Å². The molecule has 0 aromatic rings. The second-order valence-corrected chi connectivity index (χ2v) is 3.27. The molecule has 2 atom stereocenters. The number of carbonyl (C=O) groups is 1. The summed E-state index contributed by atoms with van der Waals surface area (Å²) in [6, 6.07) is 0. The number of rotatable bonds is 5. The van der Waals surface area contributed by atoms with Gasteiger partial charge in [0, 0.05) is 13.1 Å². The molecule has 0 aromatic heterocycles. The minimum Gasteiger partial charge on any atom is -0.479 e. The molecule has 1 rings (SSSR count). The number of carboxylic acid groups (broad SMARTS) is 1. The molecule has 0 radical (unpaired) electrons. The van der Waals surface area contributed by atoms with E-state index in [0.29, 0.717) is 19.6 Å². The molecule has 2 N–H and O–H groups in total. The van der Waals surface area contributed by atoms with Crippen LogP contribution in [0.5, 0.6) is 0 Å². The van der Waals surface area contributed by atoms with Crippen LogP contribution in [0.15, 0.2) is 0 Å². The number of carboxylic acids is 1. The predicted octanol–water partition coefficient (Wildman–Crippen LogP) is -0.145. The third kappa shape index (κ3) is 3.61. The fourth-order valence-corrected chi connectivity index (χ4v) is 1.31. The molecule has 0 aliphatic carbocycles. The second kappa shape index (κ2) is 5.95. The monoisotopic (exact) mass is 203 g/mol. The van der Waals surface area contributed by atoms with Gasteiger partial charge in [0.05, 0.1) is 19.3 Å². The van der Waals surface area contributed by atoms with Gasteiger partial charge in [0.15, 0.2) is 6.10 Å². The van der Waals surface area contributed by atoms with E-state index >= 15 is 0 Å². The first-order valence-corrected chi connectivity index (χ1v) is 4.90. The summed E-state index contributed by atoms with van der Waals surface area (Å²) in [5, 5.41) is 11.9. The number of morpholine rings is 1. The van der Waals surface area contributed by atoms with Crippen LogP contribution < -0.4 is 5.32 Å². The van der Waals surface area contributed by atoms with Crippen molar-refractivity contribution in [2.75, 3.05) is 26.3 Å². The van der Waals surface area contributed by atoms with Crippen LogP contribution in [0.25, 0.3) is 0 Å². The molecular formula is C9H17NO4. The van der Waals surface area contributed by atoms with Crippen molar-refractivity contribution in [1.29, 1.82) is 0 Å². The minimum absolute atomic E-state index is 0.0165. The first kappa shape index (κ1) is 11.4. The molecule has 0 saturated carbocycles. The smallest absolute Gasteiger partial charge is 0.332 e. The number of aliphatic carboxylic acids is 1. The summed E-state index contributed by atoms with van der Waals surface area (Å²) in [5.74, 6) is -0.906. The fourth-order valence-electron chi connectivity index (χ4n) is 1.31. The van der Waals surface area contributed by atoms with Crippen molar-refractivity contribution in [2.24, 2.45) is 0 Å². The maximum absolute atomic E-state index is 10.6. The number of hydrogen-bond donors (Lipinski definition) is 2. The summed E-state index contributed by atoms with van der Waals surface area (Å²) >= 11 is 0. The third-order valence-electron chi connectivity index (χ3n) is 2.13. The maximum Gasteiger partial charge on any atom is 0.332 e. The van der Waals surface area contributed by atoms with E-state index in [2.05, 4.69) is 5.32 Å². The van der Waals surface area contributed by atoms with E-state index in [1.165, 1.54) is 0 Å². The number of hydrogen-bond acceptors (Lipinski definition) is 4. The quantitative estimate of drug-likeness (QED) is 0.650. The Bertz CT molecular complexity index is 180.